The molecule has 2 aliphatic rings. The number of hydrogen-bond acceptors (Lipinski definition) is 6. The second-order valence-corrected chi connectivity index (χ2v) is 7.68. The van der Waals surface area contributed by atoms with Gasteiger partial charge in [0.05, 0.1) is 11.4 Å². The number of nitriles is 1. The van der Waals surface area contributed by atoms with Crippen molar-refractivity contribution in [2.75, 3.05) is 54.4 Å². The molecule has 3 heterocycles. The molecule has 0 aliphatic carbocycles. The zero-order chi connectivity index (χ0) is 20.9. The number of anilines is 3. The van der Waals surface area contributed by atoms with Crippen LogP contribution >= 0.6 is 0 Å². The number of benzene rings is 1. The number of furan rings is 1. The molecule has 0 saturated carbocycles. The van der Waals surface area contributed by atoms with Gasteiger partial charge in [-0.1, -0.05) is 6.58 Å². The Morgan fingerprint density at radius 2 is 1.80 bits per heavy atom. The Bertz CT molecular complexity index is 947. The highest BCUT2D eigenvalue weighted by atomic mass is 16.3. The van der Waals surface area contributed by atoms with Crippen molar-refractivity contribution in [3.63, 3.8) is 0 Å². The van der Waals surface area contributed by atoms with E-state index >= 15 is 0 Å². The highest BCUT2D eigenvalue weighted by molar-refractivity contribution is 6.04. The van der Waals surface area contributed by atoms with Gasteiger partial charge in [0.15, 0.2) is 5.76 Å². The second-order valence-electron chi connectivity index (χ2n) is 7.68. The molecule has 0 bridgehead atoms. The minimum absolute atomic E-state index is 0.130. The van der Waals surface area contributed by atoms with E-state index in [2.05, 4.69) is 38.7 Å². The van der Waals surface area contributed by atoms with Crippen molar-refractivity contribution in [1.29, 1.82) is 5.26 Å². The fraction of sp³-hybridized carbons (Fsp3) is 0.391. The monoisotopic (exact) mass is 405 g/mol. The summed E-state index contributed by atoms with van der Waals surface area (Å²) in [4.78, 5) is 19.6. The van der Waals surface area contributed by atoms with Gasteiger partial charge in [0, 0.05) is 45.0 Å². The number of carbonyl (C=O) groups is 1. The van der Waals surface area contributed by atoms with Crippen molar-refractivity contribution >= 4 is 23.0 Å². The fourth-order valence-electron chi connectivity index (χ4n) is 4.09. The van der Waals surface area contributed by atoms with Crippen LogP contribution in [0.5, 0.6) is 0 Å². The second kappa shape index (κ2) is 8.95. The van der Waals surface area contributed by atoms with Crippen LogP contribution in [0, 0.1) is 11.3 Å². The van der Waals surface area contributed by atoms with Gasteiger partial charge in [-0.2, -0.15) is 5.26 Å². The van der Waals surface area contributed by atoms with Gasteiger partial charge < -0.3 is 24.4 Å². The molecule has 0 atom stereocenters. The lowest BCUT2D eigenvalue weighted by Gasteiger charge is -2.37. The predicted octanol–water partition coefficient (Wildman–Crippen LogP) is 3.66. The summed E-state index contributed by atoms with van der Waals surface area (Å²) in [6.07, 6.45) is 5.45. The molecular formula is C23H27N5O2. The first kappa shape index (κ1) is 19.9. The van der Waals surface area contributed by atoms with Gasteiger partial charge in [-0.15, -0.1) is 0 Å². The molecule has 2 fully saturated rings. The molecule has 1 aromatic heterocycles. The Morgan fingerprint density at radius 1 is 1.03 bits per heavy atom. The summed E-state index contributed by atoms with van der Waals surface area (Å²) < 4.78 is 5.28. The molecule has 0 unspecified atom stereocenters. The first-order valence-corrected chi connectivity index (χ1v) is 10.5. The third-order valence-electron chi connectivity index (χ3n) is 5.80. The molecule has 7 heteroatoms. The van der Waals surface area contributed by atoms with Crippen molar-refractivity contribution in [2.24, 2.45) is 0 Å². The normalized spacial score (nSPS) is 16.8. The van der Waals surface area contributed by atoms with E-state index in [4.69, 9.17) is 9.68 Å². The number of piperazine rings is 1. The van der Waals surface area contributed by atoms with E-state index in [0.29, 0.717) is 0 Å². The summed E-state index contributed by atoms with van der Waals surface area (Å²) in [5.74, 6) is -0.0757. The van der Waals surface area contributed by atoms with E-state index < -0.39 is 0 Å². The molecule has 4 rings (SSSR count). The number of rotatable bonds is 5. The maximum atomic E-state index is 12.7. The SMILES string of the molecule is C=CN1CCN(c2ccc(NC(=O)c3ccc(C#N)o3)c(N3CCCCC3)c2)CC1. The van der Waals surface area contributed by atoms with Crippen LogP contribution in [-0.4, -0.2) is 50.1 Å². The van der Waals surface area contributed by atoms with Crippen molar-refractivity contribution in [3.05, 3.63) is 54.6 Å². The lowest BCUT2D eigenvalue weighted by atomic mass is 10.1. The van der Waals surface area contributed by atoms with Gasteiger partial charge in [-0.05, 0) is 55.8 Å². The van der Waals surface area contributed by atoms with Crippen molar-refractivity contribution in [2.45, 2.75) is 19.3 Å². The van der Waals surface area contributed by atoms with E-state index in [1.807, 2.05) is 18.3 Å². The zero-order valence-electron chi connectivity index (χ0n) is 17.1. The average molecular weight is 406 g/mol. The molecular weight excluding hydrogens is 378 g/mol. The Morgan fingerprint density at radius 3 is 2.47 bits per heavy atom. The molecule has 2 saturated heterocycles. The smallest absolute Gasteiger partial charge is 0.291 e. The van der Waals surface area contributed by atoms with Gasteiger partial charge in [-0.3, -0.25) is 4.79 Å². The van der Waals surface area contributed by atoms with Gasteiger partial charge in [0.1, 0.15) is 6.07 Å². The minimum Gasteiger partial charge on any atom is -0.440 e. The first-order valence-electron chi connectivity index (χ1n) is 10.5. The maximum absolute atomic E-state index is 12.7. The highest BCUT2D eigenvalue weighted by Gasteiger charge is 2.21. The van der Waals surface area contributed by atoms with Gasteiger partial charge in [0.2, 0.25) is 5.76 Å². The number of hydrogen-bond donors (Lipinski definition) is 1. The van der Waals surface area contributed by atoms with Crippen LogP contribution in [0.3, 0.4) is 0 Å². The third kappa shape index (κ3) is 4.28. The molecule has 0 radical (unpaired) electrons. The molecule has 2 aromatic rings. The highest BCUT2D eigenvalue weighted by Crippen LogP contribution is 2.33. The Kier molecular flexibility index (Phi) is 5.94. The van der Waals surface area contributed by atoms with Crippen LogP contribution in [0.15, 0.2) is 47.5 Å². The maximum Gasteiger partial charge on any atom is 0.291 e. The quantitative estimate of drug-likeness (QED) is 0.818. The summed E-state index contributed by atoms with van der Waals surface area (Å²) in [5, 5.41) is 11.9. The van der Waals surface area contributed by atoms with E-state index in [-0.39, 0.29) is 17.4 Å². The summed E-state index contributed by atoms with van der Waals surface area (Å²) in [6, 6.07) is 11.2. The number of nitrogens with one attached hydrogen (secondary N) is 1. The van der Waals surface area contributed by atoms with Gasteiger partial charge >= 0.3 is 0 Å². The van der Waals surface area contributed by atoms with Crippen molar-refractivity contribution in [1.82, 2.24) is 4.90 Å². The van der Waals surface area contributed by atoms with Crippen LogP contribution in [0.25, 0.3) is 0 Å². The molecule has 7 nitrogen and oxygen atoms in total. The Hall–Kier alpha value is -3.40. The van der Waals surface area contributed by atoms with Gasteiger partial charge in [-0.25, -0.2) is 0 Å². The molecule has 2 aliphatic heterocycles. The Balaban J connectivity index is 1.58. The summed E-state index contributed by atoms with van der Waals surface area (Å²) in [7, 11) is 0. The number of carbonyl (C=O) groups excluding carboxylic acids is 1. The summed E-state index contributed by atoms with van der Waals surface area (Å²) >= 11 is 0. The molecule has 1 N–H and O–H groups in total. The van der Waals surface area contributed by atoms with Crippen LogP contribution < -0.4 is 15.1 Å². The summed E-state index contributed by atoms with van der Waals surface area (Å²) in [6.45, 7) is 9.64. The molecule has 30 heavy (non-hydrogen) atoms. The average Bonchev–Trinajstić information content (AvgIpc) is 3.30. The largest absolute Gasteiger partial charge is 0.440 e. The fourth-order valence-corrected chi connectivity index (χ4v) is 4.09. The number of nitrogens with zero attached hydrogens (tertiary/aromatic N) is 4. The van der Waals surface area contributed by atoms with E-state index in [9.17, 15) is 4.79 Å². The van der Waals surface area contributed by atoms with E-state index in [1.54, 1.807) is 0 Å². The molecule has 0 spiro atoms. The minimum atomic E-state index is -0.345. The third-order valence-corrected chi connectivity index (χ3v) is 5.80. The van der Waals surface area contributed by atoms with Crippen LogP contribution in [0.1, 0.15) is 35.6 Å². The standard InChI is InChI=1S/C23H27N5O2/c1-2-26-12-14-27(15-13-26)18-6-8-20(21(16-18)28-10-4-3-5-11-28)25-23(29)22-9-7-19(17-24)30-22/h2,6-9,16H,1,3-5,10-15H2,(H,25,29). The number of amides is 1. The molecule has 1 aromatic carbocycles. The van der Waals surface area contributed by atoms with E-state index in [0.717, 1.165) is 63.5 Å². The van der Waals surface area contributed by atoms with Crippen LogP contribution in [-0.2, 0) is 0 Å². The topological polar surface area (TPSA) is 75.7 Å². The number of piperidine rings is 1. The lowest BCUT2D eigenvalue weighted by molar-refractivity contribution is 0.0996. The summed E-state index contributed by atoms with van der Waals surface area (Å²) in [5.41, 5.74) is 2.98. The van der Waals surface area contributed by atoms with Crippen molar-refractivity contribution in [3.8, 4) is 6.07 Å². The lowest BCUT2D eigenvalue weighted by Crippen LogP contribution is -2.44. The molecule has 156 valence electrons. The zero-order valence-corrected chi connectivity index (χ0v) is 17.1. The van der Waals surface area contributed by atoms with Crippen LogP contribution in [0.2, 0.25) is 0 Å². The van der Waals surface area contributed by atoms with E-state index in [1.165, 1.54) is 24.2 Å². The first-order chi connectivity index (χ1) is 14.7. The van der Waals surface area contributed by atoms with Crippen LogP contribution in [0.4, 0.5) is 17.1 Å². The van der Waals surface area contributed by atoms with Gasteiger partial charge in [0.25, 0.3) is 5.91 Å². The Labute approximate surface area is 177 Å². The predicted molar refractivity (Wildman–Crippen MR) is 118 cm³/mol. The molecule has 1 amide bonds. The van der Waals surface area contributed by atoms with Crippen molar-refractivity contribution < 1.29 is 9.21 Å².